The molecule has 214 valence electrons. The molecule has 4 N–H and O–H groups in total. The number of carbonyl (C=O) groups excluding carboxylic acids is 7. The van der Waals surface area contributed by atoms with Gasteiger partial charge in [0.1, 0.15) is 5.78 Å². The third-order valence-corrected chi connectivity index (χ3v) is 6.22. The average molecular weight is 539 g/mol. The maximum absolute atomic E-state index is 13.1. The van der Waals surface area contributed by atoms with Crippen LogP contribution >= 0.6 is 0 Å². The molecule has 0 saturated carbocycles. The van der Waals surface area contributed by atoms with Gasteiger partial charge in [-0.15, -0.1) is 5.06 Å². The number of urea groups is 1. The Balaban J connectivity index is 2.59. The number of Topliss-reactive ketones (excluding diaryl/α,β-unsaturated/α-hetero) is 2. The third kappa shape index (κ3) is 11.4. The first-order valence-electron chi connectivity index (χ1n) is 13.1. The van der Waals surface area contributed by atoms with Gasteiger partial charge >= 0.3 is 12.0 Å². The topological polar surface area (TPSA) is 182 Å². The Kier molecular flexibility index (Phi) is 13.1. The van der Waals surface area contributed by atoms with E-state index < -0.39 is 41.2 Å². The number of primary amides is 1. The normalized spacial score (nSPS) is 15.3. The van der Waals surface area contributed by atoms with E-state index in [0.717, 1.165) is 0 Å². The molecule has 1 saturated heterocycles. The van der Waals surface area contributed by atoms with E-state index in [4.69, 9.17) is 10.6 Å². The number of nitrogens with two attached hydrogens (primary N) is 1. The second-order valence-electron chi connectivity index (χ2n) is 11.0. The number of hydroxylamine groups is 2. The van der Waals surface area contributed by atoms with E-state index in [9.17, 15) is 33.6 Å². The van der Waals surface area contributed by atoms with Crippen molar-refractivity contribution in [3.05, 3.63) is 0 Å². The highest BCUT2D eigenvalue weighted by Gasteiger charge is 2.34. The van der Waals surface area contributed by atoms with Crippen LogP contribution in [-0.4, -0.2) is 58.9 Å². The molecule has 0 aromatic heterocycles. The summed E-state index contributed by atoms with van der Waals surface area (Å²) in [6.45, 7) is 9.20. The standard InChI is InChI=1S/C26H42N4O8/c1-16(2)18(24(36)29-19(23(35)26(3,4)5)10-8-14-28-25(27)37)15-17(31)9-6-7-11-22(34)38-30-20(32)12-13-21(30)33/h16,18-19H,6-15H2,1-5H3,(H,29,36)(H3,27,28,37)/t18-,19-/m0/s1. The maximum Gasteiger partial charge on any atom is 0.333 e. The van der Waals surface area contributed by atoms with E-state index in [1.807, 2.05) is 13.8 Å². The molecule has 0 radical (unpaired) electrons. The lowest BCUT2D eigenvalue weighted by molar-refractivity contribution is -0.197. The smallest absolute Gasteiger partial charge is 0.333 e. The summed E-state index contributed by atoms with van der Waals surface area (Å²) in [6.07, 6.45) is 1.56. The monoisotopic (exact) mass is 538 g/mol. The van der Waals surface area contributed by atoms with Crippen LogP contribution in [0.1, 0.15) is 92.4 Å². The Bertz CT molecular complexity index is 893. The second kappa shape index (κ2) is 15.2. The van der Waals surface area contributed by atoms with E-state index in [-0.39, 0.29) is 62.0 Å². The molecule has 2 atom stereocenters. The first kappa shape index (κ1) is 32.7. The third-order valence-electron chi connectivity index (χ3n) is 6.22. The molecule has 1 rings (SSSR count). The van der Waals surface area contributed by atoms with E-state index in [2.05, 4.69) is 10.6 Å². The molecule has 1 heterocycles. The summed E-state index contributed by atoms with van der Waals surface area (Å²) in [5.41, 5.74) is 4.37. The number of hydrogen-bond acceptors (Lipinski definition) is 8. The highest BCUT2D eigenvalue weighted by molar-refractivity contribution is 6.01. The summed E-state index contributed by atoms with van der Waals surface area (Å²) in [6, 6.07) is -1.44. The Morgan fingerprint density at radius 2 is 1.55 bits per heavy atom. The van der Waals surface area contributed by atoms with Crippen LogP contribution in [0.2, 0.25) is 0 Å². The number of nitrogens with one attached hydrogen (secondary N) is 2. The number of hydrogen-bond donors (Lipinski definition) is 3. The van der Waals surface area contributed by atoms with Crippen LogP contribution in [0.3, 0.4) is 0 Å². The minimum absolute atomic E-state index is 0.00954. The highest BCUT2D eigenvalue weighted by atomic mass is 16.7. The molecule has 0 aliphatic carbocycles. The first-order valence-corrected chi connectivity index (χ1v) is 13.1. The van der Waals surface area contributed by atoms with Crippen LogP contribution in [-0.2, 0) is 33.6 Å². The molecule has 0 unspecified atom stereocenters. The molecule has 0 spiro atoms. The minimum Gasteiger partial charge on any atom is -0.352 e. The fourth-order valence-electron chi connectivity index (χ4n) is 3.96. The van der Waals surface area contributed by atoms with E-state index >= 15 is 0 Å². The molecule has 38 heavy (non-hydrogen) atoms. The Morgan fingerprint density at radius 3 is 2.08 bits per heavy atom. The molecule has 12 heteroatoms. The summed E-state index contributed by atoms with van der Waals surface area (Å²) in [5, 5.41) is 5.77. The summed E-state index contributed by atoms with van der Waals surface area (Å²) in [7, 11) is 0. The summed E-state index contributed by atoms with van der Waals surface area (Å²) >= 11 is 0. The SMILES string of the molecule is CC(C)[C@H](CC(=O)CCCCC(=O)ON1C(=O)CCC1=O)C(=O)N[C@@H](CCCNC(N)=O)C(=O)C(C)(C)C. The minimum atomic E-state index is -0.770. The van der Waals surface area contributed by atoms with Crippen molar-refractivity contribution >= 4 is 41.3 Å². The largest absolute Gasteiger partial charge is 0.352 e. The van der Waals surface area contributed by atoms with Crippen molar-refractivity contribution in [3.63, 3.8) is 0 Å². The molecule has 0 bridgehead atoms. The van der Waals surface area contributed by atoms with Gasteiger partial charge in [-0.25, -0.2) is 9.59 Å². The van der Waals surface area contributed by atoms with E-state index in [0.29, 0.717) is 30.7 Å². The Morgan fingerprint density at radius 1 is 0.974 bits per heavy atom. The second-order valence-corrected chi connectivity index (χ2v) is 11.0. The van der Waals surface area contributed by atoms with Crippen LogP contribution in [0.5, 0.6) is 0 Å². The van der Waals surface area contributed by atoms with Crippen molar-refractivity contribution in [2.75, 3.05) is 6.54 Å². The molecule has 12 nitrogen and oxygen atoms in total. The number of unbranched alkanes of at least 4 members (excludes halogenated alkanes) is 1. The zero-order valence-corrected chi connectivity index (χ0v) is 23.1. The molecule has 5 amide bonds. The van der Waals surface area contributed by atoms with Crippen molar-refractivity contribution in [1.29, 1.82) is 0 Å². The molecule has 1 aliphatic heterocycles. The van der Waals surface area contributed by atoms with Crippen LogP contribution in [0, 0.1) is 17.3 Å². The van der Waals surface area contributed by atoms with Crippen LogP contribution in [0.25, 0.3) is 0 Å². The van der Waals surface area contributed by atoms with Gasteiger partial charge < -0.3 is 21.2 Å². The number of imide groups is 1. The zero-order chi connectivity index (χ0) is 29.0. The first-order chi connectivity index (χ1) is 17.6. The number of amides is 5. The summed E-state index contributed by atoms with van der Waals surface area (Å²) in [4.78, 5) is 89.3. The number of carbonyl (C=O) groups is 7. The van der Waals surface area contributed by atoms with Gasteiger partial charge in [0.25, 0.3) is 11.8 Å². The van der Waals surface area contributed by atoms with Gasteiger partial charge in [0.15, 0.2) is 5.78 Å². The predicted molar refractivity (Wildman–Crippen MR) is 137 cm³/mol. The fraction of sp³-hybridized carbons (Fsp3) is 0.731. The van der Waals surface area contributed by atoms with Crippen LogP contribution in [0.4, 0.5) is 4.79 Å². The quantitative estimate of drug-likeness (QED) is 0.197. The van der Waals surface area contributed by atoms with Gasteiger partial charge in [-0.1, -0.05) is 34.6 Å². The number of ketones is 2. The highest BCUT2D eigenvalue weighted by Crippen LogP contribution is 2.22. The van der Waals surface area contributed by atoms with Gasteiger partial charge in [0, 0.05) is 50.0 Å². The summed E-state index contributed by atoms with van der Waals surface area (Å²) in [5.74, 6) is -3.31. The van der Waals surface area contributed by atoms with Gasteiger partial charge in [0.2, 0.25) is 5.91 Å². The van der Waals surface area contributed by atoms with E-state index in [1.54, 1.807) is 20.8 Å². The van der Waals surface area contributed by atoms with Gasteiger partial charge in [0.05, 0.1) is 6.04 Å². The molecular formula is C26H42N4O8. The lowest BCUT2D eigenvalue weighted by Crippen LogP contribution is -2.48. The lowest BCUT2D eigenvalue weighted by Gasteiger charge is -2.28. The maximum atomic E-state index is 13.1. The number of nitrogens with zero attached hydrogens (tertiary/aromatic N) is 1. The van der Waals surface area contributed by atoms with Gasteiger partial charge in [-0.3, -0.25) is 24.0 Å². The number of rotatable bonds is 16. The van der Waals surface area contributed by atoms with Gasteiger partial charge in [-0.2, -0.15) is 0 Å². The predicted octanol–water partition coefficient (Wildman–Crippen LogP) is 1.93. The summed E-state index contributed by atoms with van der Waals surface area (Å²) < 4.78 is 0. The van der Waals surface area contributed by atoms with Crippen molar-refractivity contribution < 1.29 is 38.4 Å². The van der Waals surface area contributed by atoms with Crippen molar-refractivity contribution in [2.24, 2.45) is 23.0 Å². The van der Waals surface area contributed by atoms with Crippen LogP contribution in [0.15, 0.2) is 0 Å². The molecule has 0 aromatic rings. The Hall–Kier alpha value is -3.31. The van der Waals surface area contributed by atoms with Gasteiger partial charge in [-0.05, 0) is 31.6 Å². The lowest BCUT2D eigenvalue weighted by atomic mass is 9.83. The molecule has 1 fully saturated rings. The zero-order valence-electron chi connectivity index (χ0n) is 23.1. The van der Waals surface area contributed by atoms with Crippen molar-refractivity contribution in [3.8, 4) is 0 Å². The average Bonchev–Trinajstić information content (AvgIpc) is 3.12. The molecular weight excluding hydrogens is 496 g/mol. The molecule has 1 aliphatic rings. The molecule has 0 aromatic carbocycles. The van der Waals surface area contributed by atoms with Crippen LogP contribution < -0.4 is 16.4 Å². The van der Waals surface area contributed by atoms with E-state index in [1.165, 1.54) is 0 Å². The Labute approximate surface area is 223 Å². The fourth-order valence-corrected chi connectivity index (χ4v) is 3.96. The van der Waals surface area contributed by atoms with Crippen molar-refractivity contribution in [2.45, 2.75) is 98.4 Å². The van der Waals surface area contributed by atoms with Crippen molar-refractivity contribution in [1.82, 2.24) is 15.7 Å².